The van der Waals surface area contributed by atoms with Gasteiger partial charge in [0.15, 0.2) is 0 Å². The first kappa shape index (κ1) is 16.1. The zero-order chi connectivity index (χ0) is 15.1. The first-order valence-corrected chi connectivity index (χ1v) is 6.49. The zero-order valence-electron chi connectivity index (χ0n) is 11.9. The minimum atomic E-state index is -0.538. The van der Waals surface area contributed by atoms with Gasteiger partial charge in [-0.05, 0) is 31.2 Å². The second-order valence-corrected chi connectivity index (χ2v) is 4.44. The van der Waals surface area contributed by atoms with Gasteiger partial charge in [-0.3, -0.25) is 15.0 Å². The molecule has 0 saturated carbocycles. The fourth-order valence-corrected chi connectivity index (χ4v) is 1.84. The van der Waals surface area contributed by atoms with Gasteiger partial charge in [0.05, 0.1) is 6.04 Å². The van der Waals surface area contributed by atoms with E-state index >= 15 is 0 Å². The van der Waals surface area contributed by atoms with Crippen molar-refractivity contribution in [3.8, 4) is 0 Å². The van der Waals surface area contributed by atoms with Crippen LogP contribution in [0, 0.1) is 5.82 Å². The maximum atomic E-state index is 13.1. The Balaban J connectivity index is 2.70. The van der Waals surface area contributed by atoms with Crippen LogP contribution in [-0.2, 0) is 11.3 Å². The van der Waals surface area contributed by atoms with E-state index in [1.165, 1.54) is 19.2 Å². The molecule has 1 aromatic carbocycles. The van der Waals surface area contributed by atoms with Crippen molar-refractivity contribution in [2.45, 2.75) is 26.4 Å². The van der Waals surface area contributed by atoms with Crippen molar-refractivity contribution in [1.82, 2.24) is 15.5 Å². The topological polar surface area (TPSA) is 61.4 Å². The normalized spacial score (nSPS) is 12.1. The molecule has 0 heterocycles. The summed E-state index contributed by atoms with van der Waals surface area (Å²) in [7, 11) is 1.44. The van der Waals surface area contributed by atoms with Crippen LogP contribution in [0.4, 0.5) is 9.18 Å². The maximum Gasteiger partial charge on any atom is 0.321 e. The molecule has 5 nitrogen and oxygen atoms in total. The smallest absolute Gasteiger partial charge is 0.321 e. The first-order chi connectivity index (χ1) is 9.47. The molecule has 3 amide bonds. The van der Waals surface area contributed by atoms with E-state index in [0.717, 1.165) is 5.56 Å². The van der Waals surface area contributed by atoms with E-state index in [2.05, 4.69) is 10.6 Å². The largest absolute Gasteiger partial charge is 0.341 e. The third kappa shape index (κ3) is 4.62. The van der Waals surface area contributed by atoms with Crippen molar-refractivity contribution >= 4 is 11.9 Å². The van der Waals surface area contributed by atoms with Crippen LogP contribution >= 0.6 is 0 Å². The van der Waals surface area contributed by atoms with E-state index in [1.54, 1.807) is 19.1 Å². The van der Waals surface area contributed by atoms with Crippen molar-refractivity contribution in [2.24, 2.45) is 0 Å². The standard InChI is InChI=1S/C14H20FN3O2/c1-4-18(9-11-6-5-7-12(15)8-11)10(2)13(19)17-14(20)16-3/h5-8,10H,4,9H2,1-3H3,(H2,16,17,19,20). The lowest BCUT2D eigenvalue weighted by molar-refractivity contribution is -0.124. The second-order valence-electron chi connectivity index (χ2n) is 4.44. The Labute approximate surface area is 118 Å². The summed E-state index contributed by atoms with van der Waals surface area (Å²) in [6.45, 7) is 4.67. The fourth-order valence-electron chi connectivity index (χ4n) is 1.84. The lowest BCUT2D eigenvalue weighted by atomic mass is 10.1. The van der Waals surface area contributed by atoms with Crippen molar-refractivity contribution in [3.05, 3.63) is 35.6 Å². The molecule has 0 aromatic heterocycles. The van der Waals surface area contributed by atoms with E-state index in [1.807, 2.05) is 11.8 Å². The summed E-state index contributed by atoms with van der Waals surface area (Å²) in [6.07, 6.45) is 0. The summed E-state index contributed by atoms with van der Waals surface area (Å²) in [5.74, 6) is -0.691. The van der Waals surface area contributed by atoms with Gasteiger partial charge in [0.25, 0.3) is 0 Å². The maximum absolute atomic E-state index is 13.1. The highest BCUT2D eigenvalue weighted by atomic mass is 19.1. The van der Waals surface area contributed by atoms with E-state index in [4.69, 9.17) is 0 Å². The van der Waals surface area contributed by atoms with Crippen molar-refractivity contribution in [1.29, 1.82) is 0 Å². The van der Waals surface area contributed by atoms with E-state index in [9.17, 15) is 14.0 Å². The summed E-state index contributed by atoms with van der Waals surface area (Å²) in [6, 6.07) is 5.22. The Hall–Kier alpha value is -1.95. The third-order valence-corrected chi connectivity index (χ3v) is 3.07. The van der Waals surface area contributed by atoms with Gasteiger partial charge in [0.2, 0.25) is 5.91 Å². The highest BCUT2D eigenvalue weighted by molar-refractivity contribution is 5.96. The molecule has 0 spiro atoms. The number of nitrogens with one attached hydrogen (secondary N) is 2. The number of imide groups is 1. The molecule has 1 unspecified atom stereocenters. The molecule has 0 fully saturated rings. The summed E-state index contributed by atoms with van der Waals surface area (Å²) < 4.78 is 13.1. The van der Waals surface area contributed by atoms with Gasteiger partial charge in [0, 0.05) is 13.6 Å². The number of benzene rings is 1. The molecular weight excluding hydrogens is 261 g/mol. The van der Waals surface area contributed by atoms with Crippen LogP contribution in [-0.4, -0.2) is 36.5 Å². The molecule has 6 heteroatoms. The number of hydrogen-bond donors (Lipinski definition) is 2. The molecule has 0 radical (unpaired) electrons. The molecule has 0 aliphatic heterocycles. The van der Waals surface area contributed by atoms with Gasteiger partial charge in [-0.25, -0.2) is 9.18 Å². The average molecular weight is 281 g/mol. The monoisotopic (exact) mass is 281 g/mol. The minimum Gasteiger partial charge on any atom is -0.341 e. The van der Waals surface area contributed by atoms with Crippen LogP contribution in [0.3, 0.4) is 0 Å². The van der Waals surface area contributed by atoms with E-state index < -0.39 is 12.1 Å². The van der Waals surface area contributed by atoms with Gasteiger partial charge < -0.3 is 5.32 Å². The Morgan fingerprint density at radius 1 is 1.40 bits per heavy atom. The molecule has 2 N–H and O–H groups in total. The number of halogens is 1. The number of amides is 3. The highest BCUT2D eigenvalue weighted by Crippen LogP contribution is 2.10. The predicted molar refractivity (Wildman–Crippen MR) is 74.5 cm³/mol. The Morgan fingerprint density at radius 2 is 2.10 bits per heavy atom. The summed E-state index contributed by atoms with van der Waals surface area (Å²) >= 11 is 0. The number of carbonyl (C=O) groups excluding carboxylic acids is 2. The van der Waals surface area contributed by atoms with Crippen LogP contribution in [0.2, 0.25) is 0 Å². The SMILES string of the molecule is CCN(Cc1cccc(F)c1)C(C)C(=O)NC(=O)NC. The quantitative estimate of drug-likeness (QED) is 0.859. The van der Waals surface area contributed by atoms with Crippen LogP contribution < -0.4 is 10.6 Å². The van der Waals surface area contributed by atoms with Crippen molar-refractivity contribution < 1.29 is 14.0 Å². The number of likely N-dealkylation sites (N-methyl/N-ethyl adjacent to an activating group) is 1. The number of rotatable bonds is 5. The fraction of sp³-hybridized carbons (Fsp3) is 0.429. The lowest BCUT2D eigenvalue weighted by Gasteiger charge is -2.26. The molecular formula is C14H20FN3O2. The van der Waals surface area contributed by atoms with Crippen molar-refractivity contribution in [2.75, 3.05) is 13.6 Å². The van der Waals surface area contributed by atoms with Gasteiger partial charge >= 0.3 is 6.03 Å². The van der Waals surface area contributed by atoms with Crippen LogP contribution in [0.5, 0.6) is 0 Å². The van der Waals surface area contributed by atoms with Gasteiger partial charge in [-0.15, -0.1) is 0 Å². The first-order valence-electron chi connectivity index (χ1n) is 6.49. The summed E-state index contributed by atoms with van der Waals surface area (Å²) in [5.41, 5.74) is 0.784. The minimum absolute atomic E-state index is 0.305. The van der Waals surface area contributed by atoms with Gasteiger partial charge in [0.1, 0.15) is 5.82 Å². The molecule has 0 saturated heterocycles. The number of hydrogen-bond acceptors (Lipinski definition) is 3. The number of urea groups is 1. The van der Waals surface area contributed by atoms with Crippen molar-refractivity contribution in [3.63, 3.8) is 0 Å². The van der Waals surface area contributed by atoms with Crippen LogP contribution in [0.15, 0.2) is 24.3 Å². The van der Waals surface area contributed by atoms with E-state index in [0.29, 0.717) is 13.1 Å². The molecule has 0 bridgehead atoms. The predicted octanol–water partition coefficient (Wildman–Crippen LogP) is 1.49. The molecule has 1 rings (SSSR count). The lowest BCUT2D eigenvalue weighted by Crippen LogP contribution is -2.48. The molecule has 1 atom stereocenters. The highest BCUT2D eigenvalue weighted by Gasteiger charge is 2.21. The Bertz CT molecular complexity index is 479. The summed E-state index contributed by atoms with van der Waals surface area (Å²) in [4.78, 5) is 24.9. The number of nitrogens with zero attached hydrogens (tertiary/aromatic N) is 1. The second kappa shape index (κ2) is 7.59. The third-order valence-electron chi connectivity index (χ3n) is 3.07. The molecule has 0 aliphatic rings. The van der Waals surface area contributed by atoms with E-state index in [-0.39, 0.29) is 11.7 Å². The zero-order valence-corrected chi connectivity index (χ0v) is 11.9. The number of carbonyl (C=O) groups is 2. The van der Waals surface area contributed by atoms with Gasteiger partial charge in [-0.2, -0.15) is 0 Å². The Kier molecular flexibility index (Phi) is 6.11. The van der Waals surface area contributed by atoms with Crippen LogP contribution in [0.25, 0.3) is 0 Å². The molecule has 1 aromatic rings. The van der Waals surface area contributed by atoms with Crippen LogP contribution in [0.1, 0.15) is 19.4 Å². The molecule has 110 valence electrons. The molecule has 20 heavy (non-hydrogen) atoms. The average Bonchev–Trinajstić information content (AvgIpc) is 2.43. The molecule has 0 aliphatic carbocycles. The Morgan fingerprint density at radius 3 is 2.65 bits per heavy atom. The summed E-state index contributed by atoms with van der Waals surface area (Å²) in [5, 5.41) is 4.56. The van der Waals surface area contributed by atoms with Gasteiger partial charge in [-0.1, -0.05) is 19.1 Å².